The van der Waals surface area contributed by atoms with Gasteiger partial charge in [0, 0.05) is 17.7 Å². The highest BCUT2D eigenvalue weighted by atomic mass is 16.5. The maximum Gasteiger partial charge on any atom is 0.294 e. The van der Waals surface area contributed by atoms with Gasteiger partial charge >= 0.3 is 0 Å². The summed E-state index contributed by atoms with van der Waals surface area (Å²) in [5, 5.41) is 10.5. The number of aryl methyl sites for hydroxylation is 1. The standard InChI is InChI=1S/C21H23NO5/c1-5-26-15-8-6-7-14(11-15)22-18(16-10-9-13(4)27-16)17(19(23)12(2)3)20(24)21(22)25/h6-12,18,24H,5H2,1-4H3. The Morgan fingerprint density at radius 2 is 2.04 bits per heavy atom. The molecule has 1 amide bonds. The molecular weight excluding hydrogens is 346 g/mol. The largest absolute Gasteiger partial charge is 0.503 e. The number of furan rings is 1. The fraction of sp³-hybridized carbons (Fsp3) is 0.333. The van der Waals surface area contributed by atoms with Gasteiger partial charge in [-0.1, -0.05) is 19.9 Å². The van der Waals surface area contributed by atoms with Crippen LogP contribution in [0.15, 0.2) is 52.1 Å². The monoisotopic (exact) mass is 369 g/mol. The van der Waals surface area contributed by atoms with E-state index in [1.807, 2.05) is 6.92 Å². The highest BCUT2D eigenvalue weighted by Crippen LogP contribution is 2.42. The lowest BCUT2D eigenvalue weighted by molar-refractivity contribution is -0.119. The Morgan fingerprint density at radius 1 is 1.30 bits per heavy atom. The van der Waals surface area contributed by atoms with Gasteiger partial charge in [0.2, 0.25) is 0 Å². The molecule has 2 heterocycles. The fourth-order valence-corrected chi connectivity index (χ4v) is 3.19. The molecule has 0 spiro atoms. The Hall–Kier alpha value is -3.02. The van der Waals surface area contributed by atoms with E-state index in [0.29, 0.717) is 29.6 Å². The number of carbonyl (C=O) groups excluding carboxylic acids is 2. The van der Waals surface area contributed by atoms with Crippen molar-refractivity contribution in [2.24, 2.45) is 5.92 Å². The normalized spacial score (nSPS) is 17.1. The maximum atomic E-state index is 12.9. The lowest BCUT2D eigenvalue weighted by Crippen LogP contribution is -2.31. The second-order valence-electron chi connectivity index (χ2n) is 6.74. The summed E-state index contributed by atoms with van der Waals surface area (Å²) in [7, 11) is 0. The van der Waals surface area contributed by atoms with Crippen LogP contribution < -0.4 is 9.64 Å². The van der Waals surface area contributed by atoms with Gasteiger partial charge in [0.1, 0.15) is 23.3 Å². The lowest BCUT2D eigenvalue weighted by atomic mass is 9.94. The van der Waals surface area contributed by atoms with E-state index in [1.165, 1.54) is 4.90 Å². The summed E-state index contributed by atoms with van der Waals surface area (Å²) in [6, 6.07) is 9.66. The average Bonchev–Trinajstić information content (AvgIpc) is 3.16. The number of aliphatic hydroxyl groups is 1. The van der Waals surface area contributed by atoms with Gasteiger partial charge in [-0.15, -0.1) is 0 Å². The van der Waals surface area contributed by atoms with Crippen LogP contribution in [0, 0.1) is 12.8 Å². The Balaban J connectivity index is 2.14. The van der Waals surface area contributed by atoms with Gasteiger partial charge in [-0.05, 0) is 38.1 Å². The van der Waals surface area contributed by atoms with Crippen LogP contribution in [0.1, 0.15) is 38.3 Å². The molecule has 142 valence electrons. The van der Waals surface area contributed by atoms with E-state index in [9.17, 15) is 14.7 Å². The Labute approximate surface area is 158 Å². The van der Waals surface area contributed by atoms with Crippen molar-refractivity contribution < 1.29 is 23.8 Å². The van der Waals surface area contributed by atoms with Crippen LogP contribution in [0.2, 0.25) is 0 Å². The number of anilines is 1. The maximum absolute atomic E-state index is 12.9. The molecule has 2 aromatic rings. The number of amides is 1. The smallest absolute Gasteiger partial charge is 0.294 e. The van der Waals surface area contributed by atoms with Crippen LogP contribution in [0.5, 0.6) is 5.75 Å². The van der Waals surface area contributed by atoms with E-state index in [1.54, 1.807) is 57.2 Å². The molecular formula is C21H23NO5. The molecule has 1 aliphatic rings. The zero-order valence-electron chi connectivity index (χ0n) is 15.9. The Kier molecular flexibility index (Phi) is 5.08. The molecule has 0 fully saturated rings. The van der Waals surface area contributed by atoms with Crippen LogP contribution in [-0.4, -0.2) is 23.4 Å². The third kappa shape index (κ3) is 3.35. The first-order chi connectivity index (χ1) is 12.8. The van der Waals surface area contributed by atoms with Crippen molar-refractivity contribution in [2.45, 2.75) is 33.7 Å². The molecule has 0 radical (unpaired) electrons. The van der Waals surface area contributed by atoms with E-state index in [4.69, 9.17) is 9.15 Å². The Morgan fingerprint density at radius 3 is 2.63 bits per heavy atom. The van der Waals surface area contributed by atoms with Crippen molar-refractivity contribution in [1.82, 2.24) is 0 Å². The van der Waals surface area contributed by atoms with Crippen LogP contribution >= 0.6 is 0 Å². The van der Waals surface area contributed by atoms with Crippen LogP contribution in [0.4, 0.5) is 5.69 Å². The topological polar surface area (TPSA) is 80.0 Å². The number of ketones is 1. The van der Waals surface area contributed by atoms with Gasteiger partial charge in [-0.3, -0.25) is 14.5 Å². The first-order valence-electron chi connectivity index (χ1n) is 8.95. The molecule has 1 aromatic carbocycles. The third-order valence-electron chi connectivity index (χ3n) is 4.44. The van der Waals surface area contributed by atoms with E-state index < -0.39 is 17.7 Å². The number of aliphatic hydroxyl groups excluding tert-OH is 1. The van der Waals surface area contributed by atoms with E-state index in [2.05, 4.69) is 0 Å². The summed E-state index contributed by atoms with van der Waals surface area (Å²) in [5.41, 5.74) is 0.578. The lowest BCUT2D eigenvalue weighted by Gasteiger charge is -2.25. The molecule has 0 saturated heterocycles. The second kappa shape index (κ2) is 7.31. The second-order valence-corrected chi connectivity index (χ2v) is 6.74. The third-order valence-corrected chi connectivity index (χ3v) is 4.44. The highest BCUT2D eigenvalue weighted by Gasteiger charge is 2.46. The van der Waals surface area contributed by atoms with Crippen molar-refractivity contribution in [3.63, 3.8) is 0 Å². The molecule has 1 aliphatic heterocycles. The average molecular weight is 369 g/mol. The van der Waals surface area contributed by atoms with Gasteiger partial charge in [0.15, 0.2) is 11.5 Å². The molecule has 1 unspecified atom stereocenters. The summed E-state index contributed by atoms with van der Waals surface area (Å²) in [6.07, 6.45) is 0. The van der Waals surface area contributed by atoms with Gasteiger partial charge in [0.05, 0.1) is 12.2 Å². The number of ether oxygens (including phenoxy) is 1. The SMILES string of the molecule is CCOc1cccc(N2C(=O)C(O)=C(C(=O)C(C)C)C2c2ccc(C)o2)c1. The molecule has 1 atom stereocenters. The van der Waals surface area contributed by atoms with Crippen LogP contribution in [0.25, 0.3) is 0 Å². The predicted molar refractivity (Wildman–Crippen MR) is 101 cm³/mol. The number of carbonyl (C=O) groups is 2. The minimum absolute atomic E-state index is 0.0613. The summed E-state index contributed by atoms with van der Waals surface area (Å²) in [4.78, 5) is 27.0. The summed E-state index contributed by atoms with van der Waals surface area (Å²) in [5.74, 6) is -0.146. The number of hydrogen-bond donors (Lipinski definition) is 1. The number of Topliss-reactive ketones (excluding diaryl/α,β-unsaturated/α-hetero) is 1. The quantitative estimate of drug-likeness (QED) is 0.829. The van der Waals surface area contributed by atoms with Gasteiger partial charge < -0.3 is 14.3 Å². The summed E-state index contributed by atoms with van der Waals surface area (Å²) >= 11 is 0. The zero-order chi connectivity index (χ0) is 19.7. The van der Waals surface area contributed by atoms with Gasteiger partial charge in [-0.25, -0.2) is 0 Å². The number of nitrogens with zero attached hydrogens (tertiary/aromatic N) is 1. The number of hydrogen-bond acceptors (Lipinski definition) is 5. The minimum Gasteiger partial charge on any atom is -0.503 e. The Bertz CT molecular complexity index is 909. The molecule has 0 bridgehead atoms. The van der Waals surface area contributed by atoms with Crippen molar-refractivity contribution in [1.29, 1.82) is 0 Å². The molecule has 0 saturated carbocycles. The highest BCUT2D eigenvalue weighted by molar-refractivity contribution is 6.16. The minimum atomic E-state index is -0.821. The molecule has 1 N–H and O–H groups in total. The fourth-order valence-electron chi connectivity index (χ4n) is 3.19. The van der Waals surface area contributed by atoms with Crippen LogP contribution in [-0.2, 0) is 9.59 Å². The molecule has 6 heteroatoms. The first kappa shape index (κ1) is 18.8. The van der Waals surface area contributed by atoms with E-state index in [0.717, 1.165) is 0 Å². The van der Waals surface area contributed by atoms with E-state index >= 15 is 0 Å². The van der Waals surface area contributed by atoms with Crippen molar-refractivity contribution in [3.05, 3.63) is 59.3 Å². The number of benzene rings is 1. The summed E-state index contributed by atoms with van der Waals surface area (Å²) in [6.45, 7) is 7.60. The van der Waals surface area contributed by atoms with E-state index in [-0.39, 0.29) is 17.3 Å². The summed E-state index contributed by atoms with van der Waals surface area (Å²) < 4.78 is 11.3. The van der Waals surface area contributed by atoms with Gasteiger partial charge in [0.25, 0.3) is 5.91 Å². The van der Waals surface area contributed by atoms with Gasteiger partial charge in [-0.2, -0.15) is 0 Å². The number of rotatable bonds is 6. The molecule has 27 heavy (non-hydrogen) atoms. The molecule has 6 nitrogen and oxygen atoms in total. The van der Waals surface area contributed by atoms with Crippen molar-refractivity contribution in [2.75, 3.05) is 11.5 Å². The van der Waals surface area contributed by atoms with Crippen molar-refractivity contribution in [3.8, 4) is 5.75 Å². The first-order valence-corrected chi connectivity index (χ1v) is 8.95. The zero-order valence-corrected chi connectivity index (χ0v) is 15.9. The molecule has 0 aliphatic carbocycles. The predicted octanol–water partition coefficient (Wildman–Crippen LogP) is 4.11. The van der Waals surface area contributed by atoms with Crippen molar-refractivity contribution >= 4 is 17.4 Å². The van der Waals surface area contributed by atoms with Crippen LogP contribution in [0.3, 0.4) is 0 Å². The molecule has 1 aromatic heterocycles. The molecule has 3 rings (SSSR count).